The number of fused-ring (bicyclic) bond motifs is 3. The van der Waals surface area contributed by atoms with Crippen molar-refractivity contribution in [2.45, 2.75) is 0 Å². The molecule has 1 aliphatic rings. The Morgan fingerprint density at radius 3 is 1.89 bits per heavy atom. The van der Waals surface area contributed by atoms with Gasteiger partial charge in [0.2, 0.25) is 0 Å². The van der Waals surface area contributed by atoms with Gasteiger partial charge in [0, 0.05) is 22.1 Å². The average Bonchev–Trinajstić information content (AvgIpc) is 2.91. The van der Waals surface area contributed by atoms with E-state index in [4.69, 9.17) is 4.74 Å². The molecule has 0 bridgehead atoms. The fourth-order valence-corrected chi connectivity index (χ4v) is 4.29. The Labute approximate surface area is 201 Å². The molecule has 0 unspecified atom stereocenters. The average molecular weight is 454 g/mol. The number of carbonyl (C=O) groups excluding carboxylic acids is 2. The minimum absolute atomic E-state index is 0.178. The number of azo groups is 1. The smallest absolute Gasteiger partial charge is 0.198 e. The Morgan fingerprint density at radius 2 is 1.14 bits per heavy atom. The third-order valence-electron chi connectivity index (χ3n) is 5.98. The summed E-state index contributed by atoms with van der Waals surface area (Å²) in [5.74, 6) is 0.512. The van der Waals surface area contributed by atoms with Crippen LogP contribution in [-0.4, -0.2) is 11.6 Å². The van der Waals surface area contributed by atoms with Crippen LogP contribution in [0, 0.1) is 0 Å². The maximum atomic E-state index is 13.5. The lowest BCUT2D eigenvalue weighted by Crippen LogP contribution is -2.21. The lowest BCUT2D eigenvalue weighted by molar-refractivity contribution is 0.0977. The quantitative estimate of drug-likeness (QED) is 0.255. The standard InChI is InChI=1S/C30H18N2O3/c33-28-24-12-6-7-13-25(24)29(34)27-26(28)18-19-8-4-5-11-23(19)30(27)35-22-16-14-21(15-17-22)32-31-20-9-2-1-3-10-20/h1-18H. The number of hydrogen-bond donors (Lipinski definition) is 0. The van der Waals surface area contributed by atoms with Crippen LogP contribution in [0.4, 0.5) is 11.4 Å². The fraction of sp³-hybridized carbons (Fsp3) is 0. The van der Waals surface area contributed by atoms with Gasteiger partial charge in [0.15, 0.2) is 11.6 Å². The van der Waals surface area contributed by atoms with E-state index in [0.29, 0.717) is 39.4 Å². The molecule has 35 heavy (non-hydrogen) atoms. The summed E-state index contributed by atoms with van der Waals surface area (Å²) in [5, 5.41) is 10.1. The molecule has 5 nitrogen and oxygen atoms in total. The van der Waals surface area contributed by atoms with Gasteiger partial charge in [0.05, 0.1) is 16.9 Å². The van der Waals surface area contributed by atoms with Crippen LogP contribution in [0.5, 0.6) is 11.5 Å². The lowest BCUT2D eigenvalue weighted by atomic mass is 9.82. The van der Waals surface area contributed by atoms with Gasteiger partial charge in [-0.15, -0.1) is 0 Å². The van der Waals surface area contributed by atoms with E-state index in [1.807, 2.05) is 54.6 Å². The largest absolute Gasteiger partial charge is 0.456 e. The fourth-order valence-electron chi connectivity index (χ4n) is 4.29. The van der Waals surface area contributed by atoms with E-state index in [2.05, 4.69) is 10.2 Å². The number of ketones is 2. The number of benzene rings is 5. The minimum atomic E-state index is -0.218. The highest BCUT2D eigenvalue weighted by Crippen LogP contribution is 2.41. The zero-order valence-corrected chi connectivity index (χ0v) is 18.5. The highest BCUT2D eigenvalue weighted by atomic mass is 16.5. The molecule has 5 aromatic carbocycles. The van der Waals surface area contributed by atoms with Crippen molar-refractivity contribution in [2.75, 3.05) is 0 Å². The Hall–Kier alpha value is -4.90. The normalized spacial score (nSPS) is 12.6. The number of rotatable bonds is 4. The predicted molar refractivity (Wildman–Crippen MR) is 134 cm³/mol. The minimum Gasteiger partial charge on any atom is -0.456 e. The molecule has 0 aromatic heterocycles. The van der Waals surface area contributed by atoms with Crippen LogP contribution in [0.25, 0.3) is 10.8 Å². The number of ether oxygens (including phenoxy) is 1. The molecule has 6 rings (SSSR count). The van der Waals surface area contributed by atoms with Crippen molar-refractivity contribution in [2.24, 2.45) is 10.2 Å². The van der Waals surface area contributed by atoms with Gasteiger partial charge in [-0.05, 0) is 47.9 Å². The van der Waals surface area contributed by atoms with Crippen LogP contribution >= 0.6 is 0 Å². The maximum Gasteiger partial charge on any atom is 0.198 e. The van der Waals surface area contributed by atoms with Gasteiger partial charge in [0.1, 0.15) is 11.5 Å². The van der Waals surface area contributed by atoms with Crippen molar-refractivity contribution < 1.29 is 14.3 Å². The van der Waals surface area contributed by atoms with E-state index in [-0.39, 0.29) is 11.6 Å². The van der Waals surface area contributed by atoms with Crippen LogP contribution in [0.1, 0.15) is 31.8 Å². The molecule has 0 aliphatic heterocycles. The second-order valence-electron chi connectivity index (χ2n) is 8.18. The van der Waals surface area contributed by atoms with Gasteiger partial charge in [0.25, 0.3) is 0 Å². The van der Waals surface area contributed by atoms with Gasteiger partial charge < -0.3 is 4.74 Å². The molecule has 0 radical (unpaired) electrons. The Balaban J connectivity index is 1.41. The third kappa shape index (κ3) is 3.69. The molecule has 0 saturated carbocycles. The van der Waals surface area contributed by atoms with Gasteiger partial charge in [-0.25, -0.2) is 0 Å². The van der Waals surface area contributed by atoms with E-state index in [1.165, 1.54) is 0 Å². The first kappa shape index (κ1) is 20.7. The first-order valence-electron chi connectivity index (χ1n) is 11.2. The van der Waals surface area contributed by atoms with Crippen LogP contribution in [-0.2, 0) is 0 Å². The van der Waals surface area contributed by atoms with Crippen molar-refractivity contribution in [1.82, 2.24) is 0 Å². The van der Waals surface area contributed by atoms with E-state index >= 15 is 0 Å². The van der Waals surface area contributed by atoms with E-state index in [1.54, 1.807) is 54.6 Å². The van der Waals surface area contributed by atoms with Crippen molar-refractivity contribution >= 4 is 33.7 Å². The Morgan fingerprint density at radius 1 is 0.543 bits per heavy atom. The van der Waals surface area contributed by atoms with Gasteiger partial charge in [-0.2, -0.15) is 10.2 Å². The van der Waals surface area contributed by atoms with Crippen molar-refractivity contribution in [1.29, 1.82) is 0 Å². The molecule has 0 N–H and O–H groups in total. The summed E-state index contributed by atoms with van der Waals surface area (Å²) in [7, 11) is 0. The van der Waals surface area contributed by atoms with Gasteiger partial charge in [-0.3, -0.25) is 9.59 Å². The summed E-state index contributed by atoms with van der Waals surface area (Å²) in [6.07, 6.45) is 0. The monoisotopic (exact) mass is 454 g/mol. The summed E-state index contributed by atoms with van der Waals surface area (Å²) in [5.41, 5.74) is 2.89. The number of nitrogens with zero attached hydrogens (tertiary/aromatic N) is 2. The van der Waals surface area contributed by atoms with Crippen molar-refractivity contribution in [3.8, 4) is 11.5 Å². The molecule has 0 amide bonds. The predicted octanol–water partition coefficient (Wildman–Crippen LogP) is 7.82. The van der Waals surface area contributed by atoms with Crippen LogP contribution in [0.15, 0.2) is 119 Å². The zero-order valence-electron chi connectivity index (χ0n) is 18.5. The van der Waals surface area contributed by atoms with E-state index in [9.17, 15) is 9.59 Å². The third-order valence-corrected chi connectivity index (χ3v) is 5.98. The molecular weight excluding hydrogens is 436 g/mol. The molecule has 1 aliphatic carbocycles. The van der Waals surface area contributed by atoms with Crippen molar-refractivity contribution in [3.05, 3.63) is 131 Å². The zero-order chi connectivity index (χ0) is 23.8. The first-order valence-corrected chi connectivity index (χ1v) is 11.2. The topological polar surface area (TPSA) is 68.1 Å². The molecule has 0 fully saturated rings. The summed E-state index contributed by atoms with van der Waals surface area (Å²) >= 11 is 0. The maximum absolute atomic E-state index is 13.5. The van der Waals surface area contributed by atoms with Crippen LogP contribution < -0.4 is 4.74 Å². The van der Waals surface area contributed by atoms with Crippen LogP contribution in [0.2, 0.25) is 0 Å². The SMILES string of the molecule is O=C1c2ccccc2C(=O)c2c1cc1ccccc1c2Oc1ccc(N=Nc2ccccc2)cc1. The molecule has 0 spiro atoms. The van der Waals surface area contributed by atoms with Crippen molar-refractivity contribution in [3.63, 3.8) is 0 Å². The first-order chi connectivity index (χ1) is 17.2. The van der Waals surface area contributed by atoms with E-state index < -0.39 is 0 Å². The highest BCUT2D eigenvalue weighted by molar-refractivity contribution is 6.31. The summed E-state index contributed by atoms with van der Waals surface area (Å²) in [6, 6.07) is 32.9. The van der Waals surface area contributed by atoms with Gasteiger partial charge in [-0.1, -0.05) is 66.7 Å². The molecule has 0 saturated heterocycles. The van der Waals surface area contributed by atoms with E-state index in [0.717, 1.165) is 16.5 Å². The molecule has 5 aromatic rings. The molecule has 0 atom stereocenters. The molecule has 166 valence electrons. The summed E-state index contributed by atoms with van der Waals surface area (Å²) in [4.78, 5) is 26.8. The highest BCUT2D eigenvalue weighted by Gasteiger charge is 2.33. The summed E-state index contributed by atoms with van der Waals surface area (Å²) < 4.78 is 6.30. The Kier molecular flexibility index (Phi) is 5.00. The van der Waals surface area contributed by atoms with Crippen LogP contribution in [0.3, 0.4) is 0 Å². The second-order valence-corrected chi connectivity index (χ2v) is 8.18. The molecule has 5 heteroatoms. The number of carbonyl (C=O) groups is 2. The number of hydrogen-bond acceptors (Lipinski definition) is 5. The second kappa shape index (κ2) is 8.47. The Bertz CT molecular complexity index is 1640. The molecule has 0 heterocycles. The molecular formula is C30H18N2O3. The van der Waals surface area contributed by atoms with Gasteiger partial charge >= 0.3 is 0 Å². The lowest BCUT2D eigenvalue weighted by Gasteiger charge is -2.22. The summed E-state index contributed by atoms with van der Waals surface area (Å²) in [6.45, 7) is 0.